The van der Waals surface area contributed by atoms with Gasteiger partial charge in [0.15, 0.2) is 0 Å². The van der Waals surface area contributed by atoms with Gasteiger partial charge in [0.25, 0.3) is 0 Å². The van der Waals surface area contributed by atoms with Crippen molar-refractivity contribution >= 4 is 11.8 Å². The molecule has 1 aromatic heterocycles. The molecule has 0 spiro atoms. The Morgan fingerprint density at radius 1 is 1.45 bits per heavy atom. The van der Waals surface area contributed by atoms with E-state index in [1.807, 2.05) is 24.9 Å². The number of hydrogen-bond acceptors (Lipinski definition) is 2. The molecule has 0 atom stereocenters. The molecule has 0 bridgehead atoms. The summed E-state index contributed by atoms with van der Waals surface area (Å²) < 4.78 is 0. The first-order valence-corrected chi connectivity index (χ1v) is 4.66. The van der Waals surface area contributed by atoms with Gasteiger partial charge in [-0.15, -0.1) is 11.8 Å². The Morgan fingerprint density at radius 3 is 2.73 bits per heavy atom. The van der Waals surface area contributed by atoms with Gasteiger partial charge >= 0.3 is 0 Å². The lowest BCUT2D eigenvalue weighted by Gasteiger charge is -2.03. The molecule has 1 nitrogen and oxygen atoms in total. The Labute approximate surface area is 72.2 Å². The van der Waals surface area contributed by atoms with Crippen LogP contribution in [-0.4, -0.2) is 10.2 Å². The van der Waals surface area contributed by atoms with Crippen LogP contribution in [0.3, 0.4) is 0 Å². The minimum atomic E-state index is 0.650. The maximum absolute atomic E-state index is 4.13. The second-order valence-corrected chi connectivity index (χ2v) is 4.45. The monoisotopic (exact) mass is 167 g/mol. The van der Waals surface area contributed by atoms with Crippen LogP contribution < -0.4 is 0 Å². The summed E-state index contributed by atoms with van der Waals surface area (Å²) in [4.78, 5) is 5.45. The van der Waals surface area contributed by atoms with Crippen LogP contribution in [0.15, 0.2) is 23.2 Å². The van der Waals surface area contributed by atoms with Crippen LogP contribution in [0.2, 0.25) is 0 Å². The van der Waals surface area contributed by atoms with Gasteiger partial charge in [-0.25, -0.2) is 0 Å². The highest BCUT2D eigenvalue weighted by Crippen LogP contribution is 2.22. The summed E-state index contributed by atoms with van der Waals surface area (Å²) in [5, 5.41) is 0.650. The second kappa shape index (κ2) is 3.77. The van der Waals surface area contributed by atoms with Crippen molar-refractivity contribution in [1.82, 2.24) is 4.98 Å². The molecule has 1 aromatic rings. The molecule has 0 fully saturated rings. The number of hydrogen-bond donors (Lipinski definition) is 0. The molecule has 1 heterocycles. The number of nitrogens with zero attached hydrogens (tertiary/aromatic N) is 1. The molecule has 60 valence electrons. The van der Waals surface area contributed by atoms with Gasteiger partial charge < -0.3 is 0 Å². The molecule has 0 radical (unpaired) electrons. The van der Waals surface area contributed by atoms with Crippen molar-refractivity contribution in [2.75, 3.05) is 0 Å². The Morgan fingerprint density at radius 2 is 2.18 bits per heavy atom. The Balaban J connectivity index is 2.71. The van der Waals surface area contributed by atoms with Gasteiger partial charge in [-0.1, -0.05) is 13.8 Å². The van der Waals surface area contributed by atoms with E-state index in [1.165, 1.54) is 4.90 Å². The maximum Gasteiger partial charge on any atom is 0.0383 e. The fraction of sp³-hybridized carbons (Fsp3) is 0.444. The zero-order chi connectivity index (χ0) is 8.27. The van der Waals surface area contributed by atoms with Crippen LogP contribution >= 0.6 is 11.8 Å². The van der Waals surface area contributed by atoms with Gasteiger partial charge in [-0.2, -0.15) is 0 Å². The highest BCUT2D eigenvalue weighted by atomic mass is 32.2. The molecule has 0 unspecified atom stereocenters. The van der Waals surface area contributed by atoms with Gasteiger partial charge in [-0.05, 0) is 19.1 Å². The minimum Gasteiger partial charge on any atom is -0.262 e. The standard InChI is InChI=1S/C9H13NS/c1-7(2)11-9-4-5-10-8(3)6-9/h4-7H,1-3H3. The van der Waals surface area contributed by atoms with E-state index in [0.29, 0.717) is 5.25 Å². The number of thioether (sulfide) groups is 1. The van der Waals surface area contributed by atoms with Crippen molar-refractivity contribution in [3.8, 4) is 0 Å². The van der Waals surface area contributed by atoms with Crippen molar-refractivity contribution < 1.29 is 0 Å². The van der Waals surface area contributed by atoms with Gasteiger partial charge in [-0.3, -0.25) is 4.98 Å². The summed E-state index contributed by atoms with van der Waals surface area (Å²) in [7, 11) is 0. The van der Waals surface area contributed by atoms with E-state index in [2.05, 4.69) is 31.0 Å². The first-order valence-electron chi connectivity index (χ1n) is 3.78. The molecule has 1 rings (SSSR count). The molecule has 0 aliphatic heterocycles. The predicted octanol–water partition coefficient (Wildman–Crippen LogP) is 2.89. The number of aryl methyl sites for hydroxylation is 1. The first-order chi connectivity index (χ1) is 5.18. The molecule has 0 aliphatic rings. The molecule has 0 aromatic carbocycles. The third kappa shape index (κ3) is 2.93. The molecule has 0 saturated carbocycles. The Hall–Kier alpha value is -0.500. The van der Waals surface area contributed by atoms with Crippen molar-refractivity contribution in [1.29, 1.82) is 0 Å². The van der Waals surface area contributed by atoms with Gasteiger partial charge in [0.1, 0.15) is 0 Å². The van der Waals surface area contributed by atoms with E-state index in [1.54, 1.807) is 0 Å². The average Bonchev–Trinajstić information content (AvgIpc) is 1.85. The number of aromatic nitrogens is 1. The molecule has 0 aliphatic carbocycles. The summed E-state index contributed by atoms with van der Waals surface area (Å²) in [6, 6.07) is 4.17. The molecular weight excluding hydrogens is 154 g/mol. The smallest absolute Gasteiger partial charge is 0.0383 e. The van der Waals surface area contributed by atoms with Crippen molar-refractivity contribution in [2.24, 2.45) is 0 Å². The third-order valence-electron chi connectivity index (χ3n) is 1.24. The largest absolute Gasteiger partial charge is 0.262 e. The lowest BCUT2D eigenvalue weighted by atomic mass is 10.4. The van der Waals surface area contributed by atoms with Crippen LogP contribution in [0, 0.1) is 6.92 Å². The highest BCUT2D eigenvalue weighted by molar-refractivity contribution is 7.99. The second-order valence-electron chi connectivity index (χ2n) is 2.80. The van der Waals surface area contributed by atoms with Crippen LogP contribution in [-0.2, 0) is 0 Å². The van der Waals surface area contributed by atoms with Crippen molar-refractivity contribution in [3.05, 3.63) is 24.0 Å². The first kappa shape index (κ1) is 8.60. The van der Waals surface area contributed by atoms with Crippen LogP contribution in [0.25, 0.3) is 0 Å². The number of rotatable bonds is 2. The number of pyridine rings is 1. The summed E-state index contributed by atoms with van der Waals surface area (Å²) in [5.41, 5.74) is 1.09. The maximum atomic E-state index is 4.13. The van der Waals surface area contributed by atoms with Crippen LogP contribution in [0.5, 0.6) is 0 Å². The van der Waals surface area contributed by atoms with E-state index in [0.717, 1.165) is 5.69 Å². The lowest BCUT2D eigenvalue weighted by Crippen LogP contribution is -1.87. The molecule has 2 heteroatoms. The zero-order valence-corrected chi connectivity index (χ0v) is 7.98. The van der Waals surface area contributed by atoms with Crippen LogP contribution in [0.4, 0.5) is 0 Å². The molecule has 0 N–H and O–H groups in total. The van der Waals surface area contributed by atoms with E-state index < -0.39 is 0 Å². The average molecular weight is 167 g/mol. The van der Waals surface area contributed by atoms with Gasteiger partial charge in [0.05, 0.1) is 0 Å². The normalized spacial score (nSPS) is 10.5. The van der Waals surface area contributed by atoms with E-state index in [-0.39, 0.29) is 0 Å². The summed E-state index contributed by atoms with van der Waals surface area (Å²) in [6.07, 6.45) is 1.86. The summed E-state index contributed by atoms with van der Waals surface area (Å²) in [5.74, 6) is 0. The van der Waals surface area contributed by atoms with Crippen molar-refractivity contribution in [2.45, 2.75) is 30.9 Å². The van der Waals surface area contributed by atoms with E-state index in [9.17, 15) is 0 Å². The van der Waals surface area contributed by atoms with Crippen LogP contribution in [0.1, 0.15) is 19.5 Å². The fourth-order valence-corrected chi connectivity index (χ4v) is 1.79. The highest BCUT2D eigenvalue weighted by Gasteiger charge is 1.97. The Bertz CT molecular complexity index is 233. The molecular formula is C9H13NS. The molecule has 0 saturated heterocycles. The Kier molecular flexibility index (Phi) is 2.94. The van der Waals surface area contributed by atoms with E-state index in [4.69, 9.17) is 0 Å². The summed E-state index contributed by atoms with van der Waals surface area (Å²) in [6.45, 7) is 6.41. The lowest BCUT2D eigenvalue weighted by molar-refractivity contribution is 1.10. The zero-order valence-electron chi connectivity index (χ0n) is 7.16. The SMILES string of the molecule is Cc1cc(SC(C)C)ccn1. The fourth-order valence-electron chi connectivity index (χ4n) is 0.865. The van der Waals surface area contributed by atoms with E-state index >= 15 is 0 Å². The molecule has 11 heavy (non-hydrogen) atoms. The minimum absolute atomic E-state index is 0.650. The predicted molar refractivity (Wildman–Crippen MR) is 50.0 cm³/mol. The quantitative estimate of drug-likeness (QED) is 0.628. The van der Waals surface area contributed by atoms with Gasteiger partial charge in [0.2, 0.25) is 0 Å². The summed E-state index contributed by atoms with van der Waals surface area (Å²) >= 11 is 1.87. The van der Waals surface area contributed by atoms with Crippen molar-refractivity contribution in [3.63, 3.8) is 0 Å². The topological polar surface area (TPSA) is 12.9 Å². The van der Waals surface area contributed by atoms with Gasteiger partial charge in [0, 0.05) is 22.0 Å². The third-order valence-corrected chi connectivity index (χ3v) is 2.24. The molecule has 0 amide bonds.